The van der Waals surface area contributed by atoms with Crippen molar-refractivity contribution in [2.45, 2.75) is 124 Å². The quantitative estimate of drug-likeness (QED) is 0.0401. The minimum absolute atomic E-state index is 0.159. The standard InChI is InChI=1S/2C25H29N6O8P/c2*1-15(24(34)37-16-8-5-9-16)30-40(35,39-17-6-3-2-4-7-17)36-13-25(12-26)22(33)20(32)21(38-25)18-10-11-19-23(27)28-14-29-31(18)19/h2*2-4,6-7,10-11,14-16,20-22,32-33H,5,8-9,13H2,1H3,(H,30,35)(H2,27,28,29)/t15-,20-,21-,22-,25+,40+;15-,20-,21-,22-,25+,40-/m00/s1. The van der Waals surface area contributed by atoms with Crippen LogP contribution in [0.5, 0.6) is 11.5 Å². The van der Waals surface area contributed by atoms with Crippen molar-refractivity contribution < 1.29 is 76.2 Å². The molecule has 80 heavy (non-hydrogen) atoms. The van der Waals surface area contributed by atoms with Gasteiger partial charge in [0.15, 0.2) is 11.6 Å². The Morgan fingerprint density at radius 3 is 1.38 bits per heavy atom. The lowest BCUT2D eigenvalue weighted by atomic mass is 9.96. The van der Waals surface area contributed by atoms with Crippen molar-refractivity contribution in [3.63, 3.8) is 0 Å². The van der Waals surface area contributed by atoms with Crippen LogP contribution in [-0.4, -0.2) is 135 Å². The number of aliphatic hydroxyl groups excluding tert-OH is 4. The Labute approximate surface area is 456 Å². The van der Waals surface area contributed by atoms with Crippen LogP contribution in [0.15, 0.2) is 97.6 Å². The van der Waals surface area contributed by atoms with Crippen molar-refractivity contribution in [3.8, 4) is 23.6 Å². The molecule has 0 amide bonds. The molecular weight excluding hydrogens is 1090 g/mol. The molecule has 4 aromatic heterocycles. The van der Waals surface area contributed by atoms with Crippen LogP contribution >= 0.6 is 15.5 Å². The van der Waals surface area contributed by atoms with E-state index in [-0.39, 0.29) is 35.3 Å². The molecule has 6 heterocycles. The molecule has 2 aromatic carbocycles. The Bertz CT molecular complexity index is 3140. The van der Waals surface area contributed by atoms with Gasteiger partial charge in [-0.1, -0.05) is 36.4 Å². The average Bonchev–Trinajstić information content (AvgIpc) is 4.29. The summed E-state index contributed by atoms with van der Waals surface area (Å²) in [5, 5.41) is 77.0. The lowest BCUT2D eigenvalue weighted by Gasteiger charge is -2.30. The predicted octanol–water partition coefficient (Wildman–Crippen LogP) is 3.29. The molecule has 10 N–H and O–H groups in total. The molecule has 2 saturated carbocycles. The summed E-state index contributed by atoms with van der Waals surface area (Å²) < 4.78 is 75.5. The number of para-hydroxylation sites is 2. The topological polar surface area (TPSA) is 407 Å². The number of nitriles is 2. The summed E-state index contributed by atoms with van der Waals surface area (Å²) >= 11 is 0. The highest BCUT2D eigenvalue weighted by Gasteiger charge is 2.59. The number of anilines is 2. The summed E-state index contributed by atoms with van der Waals surface area (Å²) in [4.78, 5) is 33.0. The SMILES string of the molecule is C[C@H](N[P@@](=O)(OC[C@@]1(C#N)O[C@@H](c2ccc3c(N)ncnn23)[C@H](O)[C@@H]1O)Oc1ccccc1)C(=O)OC1CCC1.C[C@H](N[P@](=O)(OC[C@@]1(C#N)O[C@@H](c2ccc3c(N)ncnn23)[C@H](O)[C@@H]1O)Oc1ccccc1)C(=O)OC1CCC1. The van der Waals surface area contributed by atoms with Crippen molar-refractivity contribution in [2.24, 2.45) is 0 Å². The van der Waals surface area contributed by atoms with E-state index in [4.69, 9.17) is 48.5 Å². The van der Waals surface area contributed by atoms with E-state index in [9.17, 15) is 49.7 Å². The number of nitrogens with one attached hydrogen (secondary N) is 2. The summed E-state index contributed by atoms with van der Waals surface area (Å²) in [6.07, 6.45) is -2.20. The molecule has 0 bridgehead atoms. The highest BCUT2D eigenvalue weighted by Crippen LogP contribution is 2.50. The number of esters is 2. The first kappa shape index (κ1) is 57.5. The van der Waals surface area contributed by atoms with Crippen molar-refractivity contribution in [2.75, 3.05) is 24.7 Å². The first-order valence-electron chi connectivity index (χ1n) is 25.3. The molecule has 4 aliphatic rings. The first-order chi connectivity index (χ1) is 38.3. The Balaban J connectivity index is 0.000000194. The summed E-state index contributed by atoms with van der Waals surface area (Å²) in [7, 11) is -8.76. The number of aliphatic hydroxyl groups is 4. The molecule has 12 atom stereocenters. The van der Waals surface area contributed by atoms with Gasteiger partial charge in [0.1, 0.15) is 121 Å². The van der Waals surface area contributed by atoms with Gasteiger partial charge in [0.05, 0.1) is 11.4 Å². The van der Waals surface area contributed by atoms with E-state index < -0.39 is 101 Å². The summed E-state index contributed by atoms with van der Waals surface area (Å²) in [6.45, 7) is 1.30. The normalized spacial score (nSPS) is 26.9. The van der Waals surface area contributed by atoms with Gasteiger partial charge in [-0.2, -0.15) is 30.9 Å². The number of benzene rings is 2. The third kappa shape index (κ3) is 12.1. The van der Waals surface area contributed by atoms with Crippen molar-refractivity contribution in [1.29, 1.82) is 10.5 Å². The molecule has 424 valence electrons. The number of nitrogens with two attached hydrogens (primary N) is 2. The maximum Gasteiger partial charge on any atom is 0.459 e. The van der Waals surface area contributed by atoms with Gasteiger partial charge >= 0.3 is 27.4 Å². The van der Waals surface area contributed by atoms with Gasteiger partial charge in [-0.15, -0.1) is 0 Å². The van der Waals surface area contributed by atoms with Gasteiger partial charge < -0.3 is 59.9 Å². The highest BCUT2D eigenvalue weighted by molar-refractivity contribution is 7.52. The predicted molar refractivity (Wildman–Crippen MR) is 277 cm³/mol. The zero-order valence-electron chi connectivity index (χ0n) is 43.0. The van der Waals surface area contributed by atoms with Crippen LogP contribution in [0.3, 0.4) is 0 Å². The molecule has 0 unspecified atom stereocenters. The van der Waals surface area contributed by atoms with Gasteiger partial charge in [0, 0.05) is 0 Å². The Hall–Kier alpha value is -7.14. The lowest BCUT2D eigenvalue weighted by Crippen LogP contribution is -2.46. The van der Waals surface area contributed by atoms with Crippen LogP contribution in [0, 0.1) is 22.7 Å². The molecule has 28 nitrogen and oxygen atoms in total. The van der Waals surface area contributed by atoms with E-state index >= 15 is 0 Å². The van der Waals surface area contributed by atoms with E-state index in [0.29, 0.717) is 22.4 Å². The Kier molecular flexibility index (Phi) is 17.2. The van der Waals surface area contributed by atoms with Gasteiger partial charge in [-0.3, -0.25) is 18.6 Å². The molecule has 6 aromatic rings. The number of aromatic nitrogens is 6. The maximum absolute atomic E-state index is 13.9. The van der Waals surface area contributed by atoms with Crippen molar-refractivity contribution in [3.05, 3.63) is 109 Å². The maximum atomic E-state index is 13.9. The van der Waals surface area contributed by atoms with E-state index in [1.165, 1.54) is 59.8 Å². The van der Waals surface area contributed by atoms with Gasteiger partial charge in [-0.05, 0) is 101 Å². The van der Waals surface area contributed by atoms with Crippen LogP contribution in [-0.2, 0) is 46.7 Å². The minimum Gasteiger partial charge on any atom is -0.461 e. The average molecular weight is 1150 g/mol. The number of nitrogen functional groups attached to an aromatic ring is 2. The number of hydrogen-bond donors (Lipinski definition) is 8. The second kappa shape index (κ2) is 23.9. The fourth-order valence-electron chi connectivity index (χ4n) is 8.82. The fraction of sp³-hybridized carbons (Fsp3) is 0.440. The van der Waals surface area contributed by atoms with E-state index in [2.05, 4.69) is 30.3 Å². The number of hydrogen-bond acceptors (Lipinski definition) is 24. The summed E-state index contributed by atoms with van der Waals surface area (Å²) in [6, 6.07) is 24.0. The number of nitrogens with zero attached hydrogens (tertiary/aromatic N) is 8. The first-order valence-corrected chi connectivity index (χ1v) is 28.4. The number of carbonyl (C=O) groups is 2. The third-order valence-electron chi connectivity index (χ3n) is 13.8. The van der Waals surface area contributed by atoms with Crippen molar-refractivity contribution in [1.82, 2.24) is 39.4 Å². The summed E-state index contributed by atoms with van der Waals surface area (Å²) in [5.41, 5.74) is 8.89. The Morgan fingerprint density at radius 2 is 1.04 bits per heavy atom. The number of fused-ring (bicyclic) bond motifs is 2. The zero-order chi connectivity index (χ0) is 57.0. The second-order valence-corrected chi connectivity index (χ2v) is 22.8. The molecular formula is C50H58N12O16P2. The van der Waals surface area contributed by atoms with Crippen LogP contribution in [0.2, 0.25) is 0 Å². The monoisotopic (exact) mass is 1140 g/mol. The molecule has 10 rings (SSSR count). The van der Waals surface area contributed by atoms with Crippen LogP contribution in [0.25, 0.3) is 11.0 Å². The number of carbonyl (C=O) groups excluding carboxylic acids is 2. The molecule has 0 spiro atoms. The van der Waals surface area contributed by atoms with Crippen LogP contribution < -0.4 is 30.7 Å². The van der Waals surface area contributed by atoms with Gasteiger partial charge in [0.25, 0.3) is 0 Å². The molecule has 4 fully saturated rings. The molecule has 2 saturated heterocycles. The van der Waals surface area contributed by atoms with E-state index in [1.807, 2.05) is 12.1 Å². The molecule has 30 heteroatoms. The molecule has 2 aliphatic carbocycles. The van der Waals surface area contributed by atoms with E-state index in [1.54, 1.807) is 60.7 Å². The largest absolute Gasteiger partial charge is 0.461 e. The lowest BCUT2D eigenvalue weighted by molar-refractivity contribution is -0.155. The third-order valence-corrected chi connectivity index (χ3v) is 17.0. The zero-order valence-corrected chi connectivity index (χ0v) is 44.8. The van der Waals surface area contributed by atoms with E-state index in [0.717, 1.165) is 38.5 Å². The minimum atomic E-state index is -4.38. The highest BCUT2D eigenvalue weighted by atomic mass is 31.2. The smallest absolute Gasteiger partial charge is 0.459 e. The number of ether oxygens (including phenoxy) is 4. The number of rotatable bonds is 20. The van der Waals surface area contributed by atoms with Gasteiger partial charge in [0.2, 0.25) is 11.2 Å². The fourth-order valence-corrected chi connectivity index (χ4v) is 11.9. The Morgan fingerprint density at radius 1 is 0.662 bits per heavy atom. The molecule has 0 radical (unpaired) electrons. The van der Waals surface area contributed by atoms with Crippen molar-refractivity contribution >= 4 is 50.1 Å². The summed E-state index contributed by atoms with van der Waals surface area (Å²) in [5.74, 6) is -0.611. The molecule has 2 aliphatic heterocycles. The van der Waals surface area contributed by atoms with Gasteiger partial charge in [-0.25, -0.2) is 28.1 Å². The van der Waals surface area contributed by atoms with Crippen LogP contribution in [0.4, 0.5) is 11.6 Å². The van der Waals surface area contributed by atoms with Crippen LogP contribution in [0.1, 0.15) is 76.0 Å². The second-order valence-electron chi connectivity index (χ2n) is 19.4.